The highest BCUT2D eigenvalue weighted by molar-refractivity contribution is 6.14. The van der Waals surface area contributed by atoms with Crippen molar-refractivity contribution in [3.05, 3.63) is 72.2 Å². The number of nitrogens with zero attached hydrogens (tertiary/aromatic N) is 5. The summed E-state index contributed by atoms with van der Waals surface area (Å²) in [5.41, 5.74) is 3.11. The Kier molecular flexibility index (Phi) is 6.59. The van der Waals surface area contributed by atoms with Gasteiger partial charge >= 0.3 is 6.01 Å². The minimum Gasteiger partial charge on any atom is -0.472 e. The second-order valence-corrected chi connectivity index (χ2v) is 10.4. The van der Waals surface area contributed by atoms with E-state index >= 15 is 0 Å². The van der Waals surface area contributed by atoms with Crippen LogP contribution in [0.25, 0.3) is 21.8 Å². The van der Waals surface area contributed by atoms with Crippen molar-refractivity contribution >= 4 is 39.1 Å². The van der Waals surface area contributed by atoms with Gasteiger partial charge in [0.1, 0.15) is 11.6 Å². The predicted octanol–water partition coefficient (Wildman–Crippen LogP) is 4.83. The number of nitrogens with one attached hydrogen (secondary N) is 2. The van der Waals surface area contributed by atoms with Crippen molar-refractivity contribution in [2.75, 3.05) is 23.3 Å². The molecule has 0 unspecified atom stereocenters. The van der Waals surface area contributed by atoms with E-state index in [1.807, 2.05) is 19.1 Å². The Morgan fingerprint density at radius 3 is 2.75 bits per heavy atom. The molecular weight excluding hydrogens is 513 g/mol. The largest absolute Gasteiger partial charge is 0.472 e. The van der Waals surface area contributed by atoms with Crippen LogP contribution < -0.4 is 20.3 Å². The minimum absolute atomic E-state index is 0.136. The lowest BCUT2D eigenvalue weighted by atomic mass is 10.0. The number of aryl methyl sites for hydroxylation is 1. The zero-order valence-corrected chi connectivity index (χ0v) is 22.7. The molecule has 0 aliphatic carbocycles. The summed E-state index contributed by atoms with van der Waals surface area (Å²) in [4.78, 5) is 25.1. The molecule has 10 nitrogen and oxygen atoms in total. The van der Waals surface area contributed by atoms with Gasteiger partial charge in [0.15, 0.2) is 5.82 Å². The topological polar surface area (TPSA) is 110 Å². The van der Waals surface area contributed by atoms with E-state index in [1.54, 1.807) is 44.1 Å². The fourth-order valence-electron chi connectivity index (χ4n) is 5.34. The van der Waals surface area contributed by atoms with E-state index in [1.165, 1.54) is 10.7 Å². The molecule has 206 valence electrons. The zero-order chi connectivity index (χ0) is 28.0. The van der Waals surface area contributed by atoms with Gasteiger partial charge in [-0.05, 0) is 51.1 Å². The number of rotatable bonds is 6. The van der Waals surface area contributed by atoms with Crippen LogP contribution in [0.2, 0.25) is 0 Å². The van der Waals surface area contributed by atoms with Crippen LogP contribution in [0, 0.1) is 5.82 Å². The number of benzene rings is 2. The molecule has 11 heteroatoms. The second-order valence-electron chi connectivity index (χ2n) is 10.4. The lowest BCUT2D eigenvalue weighted by Gasteiger charge is -2.38. The molecule has 0 saturated carbocycles. The molecule has 3 aromatic heterocycles. The van der Waals surface area contributed by atoms with Gasteiger partial charge in [-0.3, -0.25) is 9.48 Å². The van der Waals surface area contributed by atoms with Crippen LogP contribution in [0.15, 0.2) is 59.7 Å². The standard InChI is InChI=1S/C29H30FN7O3/c1-16-12-37(13-17(2)32-16)25-6-5-22(28(38)33-21-9-20-14-36(4)35-26(20)24(30)10-21)27-23(25)11-31-29(34-27)40-18(3)19-7-8-39-15-19/h5-11,14-18,32H,12-13H2,1-4H3,(H,33,38)/t16-,17+,18-/m1/s1. The molecule has 40 heavy (non-hydrogen) atoms. The first kappa shape index (κ1) is 25.8. The molecule has 0 spiro atoms. The number of furan rings is 1. The molecule has 4 heterocycles. The van der Waals surface area contributed by atoms with Crippen molar-refractivity contribution in [3.8, 4) is 6.01 Å². The number of carbonyl (C=O) groups excluding carboxylic acids is 1. The maximum atomic E-state index is 14.7. The van der Waals surface area contributed by atoms with Crippen molar-refractivity contribution in [1.29, 1.82) is 0 Å². The molecule has 5 aromatic rings. The summed E-state index contributed by atoms with van der Waals surface area (Å²) in [6.45, 7) is 7.75. The Labute approximate surface area is 230 Å². The predicted molar refractivity (Wildman–Crippen MR) is 150 cm³/mol. The van der Waals surface area contributed by atoms with Crippen molar-refractivity contribution in [1.82, 2.24) is 25.1 Å². The average molecular weight is 544 g/mol. The second kappa shape index (κ2) is 10.2. The minimum atomic E-state index is -0.512. The highest BCUT2D eigenvalue weighted by Crippen LogP contribution is 2.32. The highest BCUT2D eigenvalue weighted by atomic mass is 19.1. The number of anilines is 2. The molecule has 2 aromatic carbocycles. The molecule has 1 aliphatic rings. The van der Waals surface area contributed by atoms with Gasteiger partial charge in [-0.25, -0.2) is 9.37 Å². The molecule has 1 amide bonds. The average Bonchev–Trinajstić information content (AvgIpc) is 3.57. The van der Waals surface area contributed by atoms with E-state index in [9.17, 15) is 9.18 Å². The summed E-state index contributed by atoms with van der Waals surface area (Å²) in [6, 6.07) is 9.16. The Morgan fingerprint density at radius 2 is 2.00 bits per heavy atom. The number of ether oxygens (including phenoxy) is 1. The molecule has 0 radical (unpaired) electrons. The van der Waals surface area contributed by atoms with Gasteiger partial charge in [-0.15, -0.1) is 0 Å². The Balaban J connectivity index is 1.39. The smallest absolute Gasteiger partial charge is 0.317 e. The molecule has 0 bridgehead atoms. The van der Waals surface area contributed by atoms with E-state index in [0.717, 1.165) is 29.7 Å². The molecule has 1 aliphatic heterocycles. The Bertz CT molecular complexity index is 1690. The van der Waals surface area contributed by atoms with Crippen LogP contribution in [0.1, 0.15) is 42.8 Å². The van der Waals surface area contributed by atoms with Crippen LogP contribution in [0.4, 0.5) is 15.8 Å². The van der Waals surface area contributed by atoms with Gasteiger partial charge in [-0.1, -0.05) is 0 Å². The molecule has 6 rings (SSSR count). The maximum Gasteiger partial charge on any atom is 0.317 e. The number of hydrogen-bond acceptors (Lipinski definition) is 8. The number of carbonyl (C=O) groups is 1. The van der Waals surface area contributed by atoms with Gasteiger partial charge in [0.25, 0.3) is 5.91 Å². The van der Waals surface area contributed by atoms with E-state index < -0.39 is 11.7 Å². The fourth-order valence-corrected chi connectivity index (χ4v) is 5.34. The fraction of sp³-hybridized carbons (Fsp3) is 0.310. The van der Waals surface area contributed by atoms with Crippen LogP contribution >= 0.6 is 0 Å². The van der Waals surface area contributed by atoms with Gasteiger partial charge in [-0.2, -0.15) is 10.1 Å². The number of amides is 1. The van der Waals surface area contributed by atoms with Crippen molar-refractivity contribution in [3.63, 3.8) is 0 Å². The SMILES string of the molecule is C[C@@H]1CN(c2ccc(C(=O)Nc3cc(F)c4nn(C)cc4c3)c3nc(O[C@H](C)c4ccoc4)ncc23)C[C@H](C)N1. The van der Waals surface area contributed by atoms with Gasteiger partial charge < -0.3 is 24.7 Å². The number of halogens is 1. The number of hydrogen-bond donors (Lipinski definition) is 2. The quantitative estimate of drug-likeness (QED) is 0.314. The van der Waals surface area contributed by atoms with Crippen molar-refractivity contribution in [2.45, 2.75) is 39.0 Å². The summed E-state index contributed by atoms with van der Waals surface area (Å²) in [5, 5.41) is 11.8. The van der Waals surface area contributed by atoms with E-state index in [-0.39, 0.29) is 17.6 Å². The Hall–Kier alpha value is -4.51. The summed E-state index contributed by atoms with van der Waals surface area (Å²) in [7, 11) is 1.72. The molecule has 2 N–H and O–H groups in total. The van der Waals surface area contributed by atoms with Gasteiger partial charge in [0.2, 0.25) is 0 Å². The highest BCUT2D eigenvalue weighted by Gasteiger charge is 2.25. The van der Waals surface area contributed by atoms with Crippen LogP contribution in [0.3, 0.4) is 0 Å². The third-order valence-electron chi connectivity index (χ3n) is 7.08. The number of aromatic nitrogens is 4. The summed E-state index contributed by atoms with van der Waals surface area (Å²) < 4.78 is 27.4. The first-order chi connectivity index (χ1) is 19.2. The lowest BCUT2D eigenvalue weighted by Crippen LogP contribution is -2.54. The third-order valence-corrected chi connectivity index (χ3v) is 7.08. The molecule has 3 atom stereocenters. The van der Waals surface area contributed by atoms with Gasteiger partial charge in [0.05, 0.1) is 23.6 Å². The van der Waals surface area contributed by atoms with Crippen molar-refractivity contribution in [2.24, 2.45) is 7.05 Å². The molecular formula is C29H30FN7O3. The van der Waals surface area contributed by atoms with Crippen LogP contribution in [-0.2, 0) is 7.05 Å². The normalized spacial score (nSPS) is 18.3. The number of fused-ring (bicyclic) bond motifs is 2. The lowest BCUT2D eigenvalue weighted by molar-refractivity contribution is 0.102. The monoisotopic (exact) mass is 543 g/mol. The summed E-state index contributed by atoms with van der Waals surface area (Å²) in [6.07, 6.45) is 6.22. The first-order valence-electron chi connectivity index (χ1n) is 13.2. The van der Waals surface area contributed by atoms with E-state index in [4.69, 9.17) is 14.1 Å². The van der Waals surface area contributed by atoms with Gasteiger partial charge in [0, 0.05) is 72.3 Å². The maximum absolute atomic E-state index is 14.7. The van der Waals surface area contributed by atoms with E-state index in [0.29, 0.717) is 34.2 Å². The van der Waals surface area contributed by atoms with E-state index in [2.05, 4.69) is 39.5 Å². The summed E-state index contributed by atoms with van der Waals surface area (Å²) >= 11 is 0. The van der Waals surface area contributed by atoms with Crippen molar-refractivity contribution < 1.29 is 18.3 Å². The Morgan fingerprint density at radius 1 is 1.20 bits per heavy atom. The van der Waals surface area contributed by atoms with Crippen LogP contribution in [-0.4, -0.2) is 50.8 Å². The zero-order valence-electron chi connectivity index (χ0n) is 22.7. The summed E-state index contributed by atoms with van der Waals surface area (Å²) in [5.74, 6) is -0.935. The molecule has 1 saturated heterocycles. The number of piperazine rings is 1. The third kappa shape index (κ3) is 4.95. The molecule has 1 fully saturated rings. The first-order valence-corrected chi connectivity index (χ1v) is 13.2. The van der Waals surface area contributed by atoms with Crippen LogP contribution in [0.5, 0.6) is 6.01 Å².